The van der Waals surface area contributed by atoms with Crippen LogP contribution in [0.5, 0.6) is 0 Å². The van der Waals surface area contributed by atoms with Gasteiger partial charge in [0.05, 0.1) is 16.7 Å². The molecular weight excluding hydrogens is 366 g/mol. The van der Waals surface area contributed by atoms with Gasteiger partial charge in [0.15, 0.2) is 0 Å². The van der Waals surface area contributed by atoms with E-state index in [0.29, 0.717) is 41.1 Å². The second kappa shape index (κ2) is 6.35. The van der Waals surface area contributed by atoms with E-state index < -0.39 is 11.8 Å². The summed E-state index contributed by atoms with van der Waals surface area (Å²) in [5.41, 5.74) is 16.3. The van der Waals surface area contributed by atoms with E-state index in [0.717, 1.165) is 21.8 Å². The lowest BCUT2D eigenvalue weighted by Crippen LogP contribution is -2.22. The fourth-order valence-corrected chi connectivity index (χ4v) is 4.08. The van der Waals surface area contributed by atoms with E-state index in [9.17, 15) is 9.59 Å². The van der Waals surface area contributed by atoms with Gasteiger partial charge < -0.3 is 21.0 Å². The van der Waals surface area contributed by atoms with E-state index in [1.165, 1.54) is 0 Å². The predicted molar refractivity (Wildman–Crippen MR) is 114 cm³/mol. The maximum atomic E-state index is 12.8. The molecule has 6 N–H and O–H groups in total. The minimum atomic E-state index is -0.404. The Morgan fingerprint density at radius 1 is 0.931 bits per heavy atom. The second-order valence-electron chi connectivity index (χ2n) is 7.08. The van der Waals surface area contributed by atoms with Gasteiger partial charge in [0, 0.05) is 58.6 Å². The molecule has 4 aromatic rings. The number of nitrogens with zero attached hydrogens (tertiary/aromatic N) is 1. The summed E-state index contributed by atoms with van der Waals surface area (Å²) in [5, 5.41) is 4.20. The first-order valence-electron chi connectivity index (χ1n) is 9.33. The van der Waals surface area contributed by atoms with Crippen molar-refractivity contribution in [3.05, 3.63) is 66.0 Å². The zero-order valence-corrected chi connectivity index (χ0v) is 15.5. The number of rotatable bonds is 4. The number of carbonyl (C=O) groups excluding carboxylic acids is 2. The van der Waals surface area contributed by atoms with E-state index >= 15 is 0 Å². The molecule has 0 saturated heterocycles. The Bertz CT molecular complexity index is 1340. The maximum Gasteiger partial charge on any atom is 0.259 e. The van der Waals surface area contributed by atoms with Crippen molar-refractivity contribution in [2.24, 2.45) is 5.73 Å². The van der Waals surface area contributed by atoms with E-state index in [2.05, 4.69) is 10.3 Å². The Labute approximate surface area is 166 Å². The number of fused-ring (bicyclic) bond motifs is 2. The molecule has 0 spiro atoms. The number of aromatic nitrogens is 2. The number of aromatic amines is 1. The van der Waals surface area contributed by atoms with Gasteiger partial charge in [-0.15, -0.1) is 0 Å². The summed E-state index contributed by atoms with van der Waals surface area (Å²) in [6, 6.07) is 13.2. The van der Waals surface area contributed by atoms with Crippen LogP contribution in [0, 0.1) is 0 Å². The molecule has 3 heterocycles. The molecule has 0 bridgehead atoms. The SMILES string of the molecule is NCCn1cc(C2=C(c3c[nH]c4ccccc34)C(=O)NC2=O)c2ccc(N)cc21. The van der Waals surface area contributed by atoms with Crippen LogP contribution < -0.4 is 16.8 Å². The van der Waals surface area contributed by atoms with Crippen molar-refractivity contribution in [1.29, 1.82) is 0 Å². The van der Waals surface area contributed by atoms with Crippen LogP contribution in [0.2, 0.25) is 0 Å². The van der Waals surface area contributed by atoms with E-state index in [-0.39, 0.29) is 0 Å². The first-order chi connectivity index (χ1) is 14.1. The van der Waals surface area contributed by atoms with Crippen LogP contribution in [0.3, 0.4) is 0 Å². The maximum absolute atomic E-state index is 12.8. The zero-order valence-electron chi connectivity index (χ0n) is 15.5. The smallest absolute Gasteiger partial charge is 0.259 e. The average Bonchev–Trinajstić information content (AvgIpc) is 3.35. The summed E-state index contributed by atoms with van der Waals surface area (Å²) < 4.78 is 1.97. The minimum absolute atomic E-state index is 0.366. The molecule has 7 nitrogen and oxygen atoms in total. The van der Waals surface area contributed by atoms with E-state index in [1.807, 2.05) is 47.2 Å². The van der Waals surface area contributed by atoms with Gasteiger partial charge in [0.1, 0.15) is 0 Å². The summed E-state index contributed by atoms with van der Waals surface area (Å²) in [4.78, 5) is 28.8. The molecule has 2 aromatic heterocycles. The number of hydrogen-bond donors (Lipinski definition) is 4. The van der Waals surface area contributed by atoms with Crippen molar-refractivity contribution in [3.63, 3.8) is 0 Å². The first kappa shape index (κ1) is 17.3. The van der Waals surface area contributed by atoms with Crippen LogP contribution in [-0.2, 0) is 16.1 Å². The third-order valence-corrected chi connectivity index (χ3v) is 5.34. The number of imide groups is 1. The first-order valence-corrected chi connectivity index (χ1v) is 9.33. The number of nitrogens with one attached hydrogen (secondary N) is 2. The lowest BCUT2D eigenvalue weighted by molar-refractivity contribution is -0.122. The summed E-state index contributed by atoms with van der Waals surface area (Å²) in [6.45, 7) is 1.02. The van der Waals surface area contributed by atoms with Crippen molar-refractivity contribution >= 4 is 50.5 Å². The molecular formula is C22H19N5O2. The molecule has 0 unspecified atom stereocenters. The highest BCUT2D eigenvalue weighted by Crippen LogP contribution is 2.38. The average molecular weight is 385 g/mol. The van der Waals surface area contributed by atoms with Gasteiger partial charge in [0.25, 0.3) is 11.8 Å². The number of H-pyrrole nitrogens is 1. The van der Waals surface area contributed by atoms with Crippen LogP contribution in [0.4, 0.5) is 5.69 Å². The van der Waals surface area contributed by atoms with Gasteiger partial charge in [-0.2, -0.15) is 0 Å². The number of benzene rings is 2. The minimum Gasteiger partial charge on any atom is -0.399 e. The monoisotopic (exact) mass is 385 g/mol. The molecule has 7 heteroatoms. The Kier molecular flexibility index (Phi) is 3.78. The number of hydrogen-bond acceptors (Lipinski definition) is 4. The largest absolute Gasteiger partial charge is 0.399 e. The Balaban J connectivity index is 1.83. The van der Waals surface area contributed by atoms with Gasteiger partial charge in [-0.25, -0.2) is 0 Å². The fraction of sp³-hybridized carbons (Fsp3) is 0.0909. The molecule has 0 saturated carbocycles. The van der Waals surface area contributed by atoms with Gasteiger partial charge in [-0.1, -0.05) is 24.3 Å². The standard InChI is InChI=1S/C22H19N5O2/c23-7-8-27-11-16(14-6-5-12(24)9-18(14)27)20-19(21(28)26-22(20)29)15-10-25-17-4-2-1-3-13(15)17/h1-6,9-11,25H,7-8,23-24H2,(H,26,28,29). The second-order valence-corrected chi connectivity index (χ2v) is 7.08. The zero-order chi connectivity index (χ0) is 20.1. The molecule has 144 valence electrons. The van der Waals surface area contributed by atoms with Crippen LogP contribution in [0.1, 0.15) is 11.1 Å². The topological polar surface area (TPSA) is 119 Å². The molecule has 1 aliphatic heterocycles. The lowest BCUT2D eigenvalue weighted by Gasteiger charge is -2.03. The Hall–Kier alpha value is -3.84. The number of nitrogen functional groups attached to an aromatic ring is 1. The van der Waals surface area contributed by atoms with Crippen molar-refractivity contribution in [1.82, 2.24) is 14.9 Å². The van der Waals surface area contributed by atoms with E-state index in [4.69, 9.17) is 11.5 Å². The Morgan fingerprint density at radius 3 is 2.48 bits per heavy atom. The molecule has 0 aliphatic carbocycles. The van der Waals surface area contributed by atoms with Crippen LogP contribution >= 0.6 is 0 Å². The van der Waals surface area contributed by atoms with Crippen molar-refractivity contribution in [3.8, 4) is 0 Å². The number of nitrogens with two attached hydrogens (primary N) is 2. The van der Waals surface area contributed by atoms with Crippen molar-refractivity contribution in [2.75, 3.05) is 12.3 Å². The molecule has 0 radical (unpaired) electrons. The number of carbonyl (C=O) groups is 2. The van der Waals surface area contributed by atoms with Gasteiger partial charge in [0.2, 0.25) is 0 Å². The third-order valence-electron chi connectivity index (χ3n) is 5.34. The highest BCUT2D eigenvalue weighted by atomic mass is 16.2. The van der Waals surface area contributed by atoms with Crippen LogP contribution in [0.15, 0.2) is 54.9 Å². The number of para-hydroxylation sites is 1. The molecule has 29 heavy (non-hydrogen) atoms. The molecule has 2 amide bonds. The van der Waals surface area contributed by atoms with Gasteiger partial charge >= 0.3 is 0 Å². The quantitative estimate of drug-likeness (QED) is 0.318. The third kappa shape index (κ3) is 2.55. The molecule has 0 atom stereocenters. The molecule has 2 aromatic carbocycles. The summed E-state index contributed by atoms with van der Waals surface area (Å²) >= 11 is 0. The number of anilines is 1. The summed E-state index contributed by atoms with van der Waals surface area (Å²) in [6.07, 6.45) is 3.65. The summed E-state index contributed by atoms with van der Waals surface area (Å²) in [7, 11) is 0. The van der Waals surface area contributed by atoms with Crippen LogP contribution in [-0.4, -0.2) is 27.9 Å². The van der Waals surface area contributed by atoms with Gasteiger partial charge in [-0.3, -0.25) is 14.9 Å². The lowest BCUT2D eigenvalue weighted by atomic mass is 9.95. The van der Waals surface area contributed by atoms with Crippen molar-refractivity contribution < 1.29 is 9.59 Å². The Morgan fingerprint density at radius 2 is 1.69 bits per heavy atom. The molecule has 1 aliphatic rings. The van der Waals surface area contributed by atoms with E-state index in [1.54, 1.807) is 12.3 Å². The summed E-state index contributed by atoms with van der Waals surface area (Å²) in [5.74, 6) is -0.802. The fourth-order valence-electron chi connectivity index (χ4n) is 4.08. The molecule has 5 rings (SSSR count). The highest BCUT2D eigenvalue weighted by Gasteiger charge is 2.35. The van der Waals surface area contributed by atoms with Crippen LogP contribution in [0.25, 0.3) is 33.0 Å². The highest BCUT2D eigenvalue weighted by molar-refractivity contribution is 6.50. The molecule has 0 fully saturated rings. The van der Waals surface area contributed by atoms with Crippen molar-refractivity contribution in [2.45, 2.75) is 6.54 Å². The van der Waals surface area contributed by atoms with Gasteiger partial charge in [-0.05, 0) is 18.2 Å². The predicted octanol–water partition coefficient (Wildman–Crippen LogP) is 2.23. The number of amides is 2. The normalized spacial score (nSPS) is 14.4.